The van der Waals surface area contributed by atoms with Crippen LogP contribution in [0.4, 0.5) is 5.69 Å². The fourth-order valence-corrected chi connectivity index (χ4v) is 2.34. The van der Waals surface area contributed by atoms with Crippen LogP contribution in [-0.4, -0.2) is 31.8 Å². The number of ether oxygens (including phenoxy) is 2. The van der Waals surface area contributed by atoms with Gasteiger partial charge in [0.05, 0.1) is 25.4 Å². The molecule has 1 aromatic carbocycles. The molecule has 0 saturated heterocycles. The predicted molar refractivity (Wildman–Crippen MR) is 86.2 cm³/mol. The van der Waals surface area contributed by atoms with E-state index < -0.39 is 0 Å². The molecule has 3 N–H and O–H groups in total. The molecule has 1 aromatic heterocycles. The lowest BCUT2D eigenvalue weighted by molar-refractivity contribution is 0.358. The van der Waals surface area contributed by atoms with Crippen molar-refractivity contribution < 1.29 is 9.47 Å². The van der Waals surface area contributed by atoms with E-state index in [2.05, 4.69) is 10.3 Å². The maximum Gasteiger partial charge on any atom is 0.170 e. The molecule has 0 aliphatic rings. The Bertz CT molecular complexity index is 599. The van der Waals surface area contributed by atoms with Crippen LogP contribution in [0.3, 0.4) is 0 Å². The van der Waals surface area contributed by atoms with Gasteiger partial charge in [0.2, 0.25) is 0 Å². The molecule has 0 bridgehead atoms. The molecule has 0 amide bonds. The monoisotopic (exact) mass is 289 g/mol. The molecular weight excluding hydrogens is 266 g/mol. The summed E-state index contributed by atoms with van der Waals surface area (Å²) in [5.74, 6) is 1.41. The lowest BCUT2D eigenvalue weighted by Crippen LogP contribution is -2.16. The van der Waals surface area contributed by atoms with E-state index in [1.165, 1.54) is 0 Å². The Hall–Kier alpha value is -2.01. The number of hydrogen-bond donors (Lipinski definition) is 2. The second-order valence-corrected chi connectivity index (χ2v) is 5.11. The van der Waals surface area contributed by atoms with Gasteiger partial charge in [-0.3, -0.25) is 4.98 Å². The van der Waals surface area contributed by atoms with E-state index in [1.807, 2.05) is 25.1 Å². The fourth-order valence-electron chi connectivity index (χ4n) is 2.34. The molecule has 0 aliphatic heterocycles. The fraction of sp³-hybridized carbons (Fsp3) is 0.438. The van der Waals surface area contributed by atoms with Crippen LogP contribution >= 0.6 is 0 Å². The van der Waals surface area contributed by atoms with Crippen molar-refractivity contribution in [2.75, 3.05) is 26.1 Å². The number of nitrogens with zero attached hydrogens (tertiary/aromatic N) is 1. The highest BCUT2D eigenvalue weighted by molar-refractivity contribution is 5.97. The molecule has 0 saturated carbocycles. The second-order valence-electron chi connectivity index (χ2n) is 5.11. The van der Waals surface area contributed by atoms with E-state index in [0.29, 0.717) is 11.5 Å². The van der Waals surface area contributed by atoms with Crippen molar-refractivity contribution in [3.8, 4) is 11.5 Å². The minimum Gasteiger partial charge on any atom is -0.493 e. The highest BCUT2D eigenvalue weighted by Crippen LogP contribution is 2.39. The number of methoxy groups -OCH3 is 2. The molecule has 0 spiro atoms. The first-order chi connectivity index (χ1) is 10.2. The number of nitrogens with two attached hydrogens (primary N) is 1. The molecule has 1 heterocycles. The third-order valence-corrected chi connectivity index (χ3v) is 3.38. The van der Waals surface area contributed by atoms with E-state index in [0.717, 1.165) is 36.0 Å². The third-order valence-electron chi connectivity index (χ3n) is 3.38. The zero-order chi connectivity index (χ0) is 15.2. The SMILES string of the molecule is COc1cc(NCCC[C@H](C)N)c2ncccc2c1OC. The number of anilines is 1. The largest absolute Gasteiger partial charge is 0.493 e. The summed E-state index contributed by atoms with van der Waals surface area (Å²) in [7, 11) is 3.28. The molecule has 1 atom stereocenters. The van der Waals surface area contributed by atoms with E-state index in [4.69, 9.17) is 15.2 Å². The highest BCUT2D eigenvalue weighted by atomic mass is 16.5. The summed E-state index contributed by atoms with van der Waals surface area (Å²) >= 11 is 0. The van der Waals surface area contributed by atoms with E-state index in [9.17, 15) is 0 Å². The Morgan fingerprint density at radius 1 is 1.33 bits per heavy atom. The Kier molecular flexibility index (Phi) is 5.22. The van der Waals surface area contributed by atoms with Gasteiger partial charge in [-0.15, -0.1) is 0 Å². The van der Waals surface area contributed by atoms with Gasteiger partial charge >= 0.3 is 0 Å². The van der Waals surface area contributed by atoms with Gasteiger partial charge in [-0.2, -0.15) is 0 Å². The molecule has 5 heteroatoms. The summed E-state index contributed by atoms with van der Waals surface area (Å²) in [5.41, 5.74) is 7.61. The van der Waals surface area contributed by atoms with Crippen molar-refractivity contribution in [2.45, 2.75) is 25.8 Å². The smallest absolute Gasteiger partial charge is 0.170 e. The topological polar surface area (TPSA) is 69.4 Å². The van der Waals surface area contributed by atoms with Gasteiger partial charge in [0, 0.05) is 30.2 Å². The van der Waals surface area contributed by atoms with Gasteiger partial charge in [0.15, 0.2) is 11.5 Å². The number of nitrogens with one attached hydrogen (secondary N) is 1. The summed E-state index contributed by atoms with van der Waals surface area (Å²) < 4.78 is 10.9. The lowest BCUT2D eigenvalue weighted by atomic mass is 10.1. The van der Waals surface area contributed by atoms with Crippen LogP contribution in [0.1, 0.15) is 19.8 Å². The standard InChI is InChI=1S/C16H23N3O2/c1-11(17)6-4-8-18-13-10-14(20-2)16(21-3)12-7-5-9-19-15(12)13/h5,7,9-11,18H,4,6,8,17H2,1-3H3/t11-/m0/s1. The van der Waals surface area contributed by atoms with Crippen LogP contribution in [0, 0.1) is 0 Å². The van der Waals surface area contributed by atoms with E-state index >= 15 is 0 Å². The molecule has 114 valence electrons. The van der Waals surface area contributed by atoms with Crippen molar-refractivity contribution in [3.05, 3.63) is 24.4 Å². The van der Waals surface area contributed by atoms with Crippen molar-refractivity contribution in [3.63, 3.8) is 0 Å². The van der Waals surface area contributed by atoms with E-state index in [-0.39, 0.29) is 6.04 Å². The summed E-state index contributed by atoms with van der Waals surface area (Å²) in [6, 6.07) is 6.04. The number of benzene rings is 1. The van der Waals surface area contributed by atoms with Gasteiger partial charge in [-0.25, -0.2) is 0 Å². The zero-order valence-electron chi connectivity index (χ0n) is 12.8. The van der Waals surface area contributed by atoms with Crippen molar-refractivity contribution in [1.82, 2.24) is 4.98 Å². The minimum atomic E-state index is 0.229. The van der Waals surface area contributed by atoms with Crippen molar-refractivity contribution in [1.29, 1.82) is 0 Å². The molecule has 2 rings (SSSR count). The molecule has 0 fully saturated rings. The summed E-state index contributed by atoms with van der Waals surface area (Å²) in [6.45, 7) is 2.87. The molecule has 5 nitrogen and oxygen atoms in total. The zero-order valence-corrected chi connectivity index (χ0v) is 12.8. The van der Waals surface area contributed by atoms with Crippen molar-refractivity contribution >= 4 is 16.6 Å². The first kappa shape index (κ1) is 15.4. The molecule has 21 heavy (non-hydrogen) atoms. The van der Waals surface area contributed by atoms with Gasteiger partial charge in [0.1, 0.15) is 0 Å². The van der Waals surface area contributed by atoms with Crippen molar-refractivity contribution in [2.24, 2.45) is 5.73 Å². The number of rotatable bonds is 7. The number of aromatic nitrogens is 1. The van der Waals surface area contributed by atoms with Crippen LogP contribution in [0.25, 0.3) is 10.9 Å². The van der Waals surface area contributed by atoms with Crippen LogP contribution in [0.5, 0.6) is 11.5 Å². The number of pyridine rings is 1. The summed E-state index contributed by atoms with van der Waals surface area (Å²) in [6.07, 6.45) is 3.79. The van der Waals surface area contributed by atoms with Gasteiger partial charge < -0.3 is 20.5 Å². The first-order valence-electron chi connectivity index (χ1n) is 7.16. The Balaban J connectivity index is 2.30. The second kappa shape index (κ2) is 7.13. The average molecular weight is 289 g/mol. The Labute approximate surface area is 125 Å². The van der Waals surface area contributed by atoms with Gasteiger partial charge in [-0.05, 0) is 31.9 Å². The maximum atomic E-state index is 5.77. The van der Waals surface area contributed by atoms with Crippen LogP contribution < -0.4 is 20.5 Å². The van der Waals surface area contributed by atoms with E-state index in [1.54, 1.807) is 20.4 Å². The molecule has 0 aliphatic carbocycles. The van der Waals surface area contributed by atoms with Crippen LogP contribution in [-0.2, 0) is 0 Å². The Morgan fingerprint density at radius 2 is 2.14 bits per heavy atom. The quantitative estimate of drug-likeness (QED) is 0.767. The predicted octanol–water partition coefficient (Wildman–Crippen LogP) is 2.79. The van der Waals surface area contributed by atoms with Gasteiger partial charge in [0.25, 0.3) is 0 Å². The first-order valence-corrected chi connectivity index (χ1v) is 7.16. The molecular formula is C16H23N3O2. The highest BCUT2D eigenvalue weighted by Gasteiger charge is 2.13. The van der Waals surface area contributed by atoms with Crippen LogP contribution in [0.2, 0.25) is 0 Å². The maximum absolute atomic E-state index is 5.77. The number of fused-ring (bicyclic) bond motifs is 1. The van der Waals surface area contributed by atoms with Gasteiger partial charge in [-0.1, -0.05) is 0 Å². The molecule has 2 aromatic rings. The number of hydrogen-bond acceptors (Lipinski definition) is 5. The minimum absolute atomic E-state index is 0.229. The summed E-state index contributed by atoms with van der Waals surface area (Å²) in [5, 5.41) is 4.35. The lowest BCUT2D eigenvalue weighted by Gasteiger charge is -2.15. The van der Waals surface area contributed by atoms with Crippen LogP contribution in [0.15, 0.2) is 24.4 Å². The summed E-state index contributed by atoms with van der Waals surface area (Å²) in [4.78, 5) is 4.46. The third kappa shape index (κ3) is 3.55. The Morgan fingerprint density at radius 3 is 2.81 bits per heavy atom. The normalized spacial score (nSPS) is 12.2. The molecule has 0 unspecified atom stereocenters. The molecule has 0 radical (unpaired) electrons. The average Bonchev–Trinajstić information content (AvgIpc) is 2.50.